The average molecular weight is 527 g/mol. The van der Waals surface area contributed by atoms with Crippen LogP contribution in [0.25, 0.3) is 0 Å². The Morgan fingerprint density at radius 1 is 0.974 bits per heavy atom. The number of fused-ring (bicyclic) bond motifs is 1. The van der Waals surface area contributed by atoms with Crippen LogP contribution in [0.2, 0.25) is 0 Å². The second kappa shape index (κ2) is 11.8. The first-order valence-electron chi connectivity index (χ1n) is 16.3. The lowest BCUT2D eigenvalue weighted by Crippen LogP contribution is -2.25. The minimum atomic E-state index is 0.453. The second-order valence-electron chi connectivity index (χ2n) is 14.0. The van der Waals surface area contributed by atoms with Crippen LogP contribution in [0.4, 0.5) is 0 Å². The number of carbonyl (C=O) groups excluding carboxylic acids is 1. The van der Waals surface area contributed by atoms with Crippen molar-refractivity contribution >= 4 is 18.2 Å². The van der Waals surface area contributed by atoms with E-state index < -0.39 is 0 Å². The van der Waals surface area contributed by atoms with Gasteiger partial charge in [-0.05, 0) is 109 Å². The zero-order valence-corrected chi connectivity index (χ0v) is 24.7. The molecular formula is C36H50N2O. The molecule has 6 rings (SSSR count). The highest BCUT2D eigenvalue weighted by Crippen LogP contribution is 2.60. The van der Waals surface area contributed by atoms with Crippen molar-refractivity contribution in [3.63, 3.8) is 0 Å². The van der Waals surface area contributed by atoms with Crippen LogP contribution >= 0.6 is 0 Å². The maximum atomic E-state index is 13.2. The monoisotopic (exact) mass is 526 g/mol. The van der Waals surface area contributed by atoms with Crippen molar-refractivity contribution in [2.45, 2.75) is 103 Å². The molecule has 7 unspecified atom stereocenters. The highest BCUT2D eigenvalue weighted by molar-refractivity contribution is 5.84. The van der Waals surface area contributed by atoms with Crippen molar-refractivity contribution in [1.82, 2.24) is 0 Å². The topological polar surface area (TPSA) is 41.8 Å². The van der Waals surface area contributed by atoms with E-state index >= 15 is 0 Å². The highest BCUT2D eigenvalue weighted by Gasteiger charge is 2.49. The molecule has 3 heteroatoms. The van der Waals surface area contributed by atoms with Crippen LogP contribution in [0, 0.1) is 47.3 Å². The highest BCUT2D eigenvalue weighted by atomic mass is 16.1. The van der Waals surface area contributed by atoms with Crippen LogP contribution in [0.5, 0.6) is 0 Å². The summed E-state index contributed by atoms with van der Waals surface area (Å²) in [6, 6.07) is 9.10. The molecule has 0 spiro atoms. The van der Waals surface area contributed by atoms with Crippen molar-refractivity contribution in [3.05, 3.63) is 46.7 Å². The Labute approximate surface area is 237 Å². The minimum Gasteiger partial charge on any atom is -0.300 e. The number of aryl methyl sites for hydroxylation is 1. The fraction of sp³-hybridized carbons (Fsp3) is 0.694. The van der Waals surface area contributed by atoms with Gasteiger partial charge in [0.05, 0.1) is 0 Å². The molecule has 4 aliphatic carbocycles. The fourth-order valence-electron chi connectivity index (χ4n) is 9.18. The van der Waals surface area contributed by atoms with Crippen LogP contribution in [-0.2, 0) is 11.2 Å². The van der Waals surface area contributed by atoms with Gasteiger partial charge in [-0.25, -0.2) is 0 Å². The SMILES string of the molecule is CN=CC1=C(C2CCC[C@@H](CC(=O)CCc3ccccc3C3CC3C3CC4CCCC4C3)C2)N=CC(C)C1C. The Balaban J connectivity index is 1.03. The van der Waals surface area contributed by atoms with Gasteiger partial charge in [0.1, 0.15) is 5.78 Å². The fourth-order valence-corrected chi connectivity index (χ4v) is 9.18. The lowest BCUT2D eigenvalue weighted by atomic mass is 9.74. The summed E-state index contributed by atoms with van der Waals surface area (Å²) < 4.78 is 0. The molecule has 5 aliphatic rings. The smallest absolute Gasteiger partial charge is 0.133 e. The number of hydrogen-bond donors (Lipinski definition) is 0. The molecule has 0 aromatic heterocycles. The predicted molar refractivity (Wildman–Crippen MR) is 162 cm³/mol. The van der Waals surface area contributed by atoms with E-state index in [1.165, 1.54) is 74.6 Å². The zero-order valence-electron chi connectivity index (χ0n) is 24.7. The number of carbonyl (C=O) groups is 1. The Morgan fingerprint density at radius 2 is 1.74 bits per heavy atom. The summed E-state index contributed by atoms with van der Waals surface area (Å²) in [5.41, 5.74) is 5.59. The number of ketones is 1. The van der Waals surface area contributed by atoms with E-state index in [9.17, 15) is 4.79 Å². The maximum Gasteiger partial charge on any atom is 0.133 e. The van der Waals surface area contributed by atoms with Crippen molar-refractivity contribution in [3.8, 4) is 0 Å². The molecule has 1 aromatic carbocycles. The van der Waals surface area contributed by atoms with Gasteiger partial charge >= 0.3 is 0 Å². The predicted octanol–water partition coefficient (Wildman–Crippen LogP) is 8.63. The molecular weight excluding hydrogens is 476 g/mol. The molecule has 0 amide bonds. The Kier molecular flexibility index (Phi) is 8.24. The van der Waals surface area contributed by atoms with Gasteiger partial charge in [-0.15, -0.1) is 0 Å². The van der Waals surface area contributed by atoms with Crippen molar-refractivity contribution in [2.75, 3.05) is 7.05 Å². The summed E-state index contributed by atoms with van der Waals surface area (Å²) in [4.78, 5) is 22.5. The van der Waals surface area contributed by atoms with Gasteiger partial charge in [0.25, 0.3) is 0 Å². The molecule has 3 nitrogen and oxygen atoms in total. The summed E-state index contributed by atoms with van der Waals surface area (Å²) in [5.74, 6) is 7.08. The molecule has 4 fully saturated rings. The molecule has 0 radical (unpaired) electrons. The molecule has 0 N–H and O–H groups in total. The molecule has 1 aromatic rings. The standard InChI is InChI=1S/C36H50N2O/c1-23-21-38-36(35(22-37-3)24(23)2)29-12-6-8-25(16-29)17-31(39)15-14-26-9-4-5-13-32(26)34-20-33(34)30-18-27-10-7-11-28(27)19-30/h4-5,9,13,21-25,27-30,33-34H,6-8,10-12,14-20H2,1-3H3/t23?,24?,25-,27?,28?,29?,30?,33?,34?/m1/s1. The Bertz CT molecular complexity index is 1120. The maximum absolute atomic E-state index is 13.2. The summed E-state index contributed by atoms with van der Waals surface area (Å²) >= 11 is 0. The quantitative estimate of drug-likeness (QED) is 0.297. The molecule has 0 bridgehead atoms. The number of benzene rings is 1. The first-order valence-corrected chi connectivity index (χ1v) is 16.3. The number of hydrogen-bond acceptors (Lipinski definition) is 3. The van der Waals surface area contributed by atoms with Gasteiger partial charge in [-0.3, -0.25) is 14.8 Å². The van der Waals surface area contributed by atoms with Crippen molar-refractivity contribution < 1.29 is 4.79 Å². The van der Waals surface area contributed by atoms with Crippen LogP contribution in [-0.4, -0.2) is 25.3 Å². The number of rotatable bonds is 9. The lowest BCUT2D eigenvalue weighted by Gasteiger charge is -2.33. The molecule has 8 atom stereocenters. The van der Waals surface area contributed by atoms with E-state index in [0.717, 1.165) is 48.9 Å². The zero-order chi connectivity index (χ0) is 26.9. The third-order valence-corrected chi connectivity index (χ3v) is 11.6. The van der Waals surface area contributed by atoms with E-state index in [1.54, 1.807) is 5.56 Å². The minimum absolute atomic E-state index is 0.453. The Hall–Kier alpha value is -2.03. The number of aliphatic imine (C=N–C) groups is 2. The number of nitrogens with zero attached hydrogens (tertiary/aromatic N) is 2. The first kappa shape index (κ1) is 27.2. The average Bonchev–Trinajstić information content (AvgIpc) is 3.44. The van der Waals surface area contributed by atoms with Crippen LogP contribution in [0.3, 0.4) is 0 Å². The van der Waals surface area contributed by atoms with E-state index in [0.29, 0.717) is 35.9 Å². The van der Waals surface area contributed by atoms with E-state index in [-0.39, 0.29) is 0 Å². The summed E-state index contributed by atoms with van der Waals surface area (Å²) in [6.45, 7) is 4.55. The van der Waals surface area contributed by atoms with E-state index in [2.05, 4.69) is 49.3 Å². The molecule has 1 heterocycles. The first-order chi connectivity index (χ1) is 19.0. The summed E-state index contributed by atoms with van der Waals surface area (Å²) in [7, 11) is 1.86. The van der Waals surface area contributed by atoms with Gasteiger partial charge in [0.2, 0.25) is 0 Å². The molecule has 210 valence electrons. The second-order valence-corrected chi connectivity index (χ2v) is 14.0. The summed E-state index contributed by atoms with van der Waals surface area (Å²) in [6.07, 6.45) is 20.1. The molecule has 0 saturated heterocycles. The van der Waals surface area contributed by atoms with Crippen LogP contribution < -0.4 is 0 Å². The van der Waals surface area contributed by atoms with Gasteiger partial charge in [0.15, 0.2) is 0 Å². The summed E-state index contributed by atoms with van der Waals surface area (Å²) in [5, 5.41) is 0. The molecule has 39 heavy (non-hydrogen) atoms. The molecule has 1 aliphatic heterocycles. The van der Waals surface area contributed by atoms with Crippen LogP contribution in [0.15, 0.2) is 45.5 Å². The van der Waals surface area contributed by atoms with Gasteiger partial charge in [-0.2, -0.15) is 0 Å². The van der Waals surface area contributed by atoms with E-state index in [4.69, 9.17) is 4.99 Å². The van der Waals surface area contributed by atoms with Gasteiger partial charge < -0.3 is 0 Å². The normalized spacial score (nSPS) is 38.0. The largest absolute Gasteiger partial charge is 0.300 e. The molecule has 4 saturated carbocycles. The van der Waals surface area contributed by atoms with Crippen LogP contribution in [0.1, 0.15) is 108 Å². The van der Waals surface area contributed by atoms with Crippen molar-refractivity contribution in [1.29, 1.82) is 0 Å². The Morgan fingerprint density at radius 3 is 2.54 bits per heavy atom. The van der Waals surface area contributed by atoms with E-state index in [1.807, 2.05) is 13.3 Å². The van der Waals surface area contributed by atoms with Gasteiger partial charge in [0, 0.05) is 43.9 Å². The third-order valence-electron chi connectivity index (χ3n) is 11.6. The third kappa shape index (κ3) is 5.89. The number of allylic oxidation sites excluding steroid dienone is 2. The van der Waals surface area contributed by atoms with Gasteiger partial charge in [-0.1, -0.05) is 63.8 Å². The van der Waals surface area contributed by atoms with Crippen molar-refractivity contribution in [2.24, 2.45) is 57.3 Å². The lowest BCUT2D eigenvalue weighted by molar-refractivity contribution is -0.120. The number of Topliss-reactive ketones (excluding diaryl/α,β-unsaturated/α-hetero) is 1.